The van der Waals surface area contributed by atoms with Gasteiger partial charge in [0.25, 0.3) is 0 Å². The Balaban J connectivity index is 1.80. The maximum absolute atomic E-state index is 12.5. The second-order valence-corrected chi connectivity index (χ2v) is 8.02. The molecule has 0 aromatic heterocycles. The van der Waals surface area contributed by atoms with E-state index in [1.807, 2.05) is 6.08 Å². The summed E-state index contributed by atoms with van der Waals surface area (Å²) in [5, 5.41) is 0. The summed E-state index contributed by atoms with van der Waals surface area (Å²) in [7, 11) is 0. The van der Waals surface area contributed by atoms with E-state index in [1.54, 1.807) is 0 Å². The third-order valence-electron chi connectivity index (χ3n) is 5.78. The van der Waals surface area contributed by atoms with Crippen molar-refractivity contribution in [1.29, 1.82) is 0 Å². The molecular weight excluding hydrogens is 316 g/mol. The van der Waals surface area contributed by atoms with Gasteiger partial charge in [0.2, 0.25) is 0 Å². The van der Waals surface area contributed by atoms with Gasteiger partial charge in [-0.15, -0.1) is 0 Å². The molecule has 1 heteroatoms. The van der Waals surface area contributed by atoms with Gasteiger partial charge in [-0.25, -0.2) is 0 Å². The summed E-state index contributed by atoms with van der Waals surface area (Å²) < 4.78 is 0. The molecule has 0 radical (unpaired) electrons. The molecule has 0 amide bonds. The second-order valence-electron chi connectivity index (χ2n) is 8.02. The largest absolute Gasteiger partial charge is 0.295 e. The third kappa shape index (κ3) is 7.09. The number of allylic oxidation sites excluding steroid dienone is 2. The van der Waals surface area contributed by atoms with Gasteiger partial charge in [0, 0.05) is 5.92 Å². The zero-order valence-electron chi connectivity index (χ0n) is 17.1. The van der Waals surface area contributed by atoms with Crippen molar-refractivity contribution in [3.8, 4) is 0 Å². The lowest BCUT2D eigenvalue weighted by molar-refractivity contribution is -0.118. The lowest BCUT2D eigenvalue weighted by atomic mass is 9.83. The highest BCUT2D eigenvalue weighted by molar-refractivity contribution is 5.99. The SMILES string of the molecule is CCCCCCCc1ccc(C2=CC(=O)C(CCCCCC)CC2)cc1. The molecule has 1 atom stereocenters. The molecule has 0 saturated heterocycles. The van der Waals surface area contributed by atoms with Gasteiger partial charge in [0.15, 0.2) is 5.78 Å². The van der Waals surface area contributed by atoms with E-state index in [-0.39, 0.29) is 5.92 Å². The molecule has 1 nitrogen and oxygen atoms in total. The van der Waals surface area contributed by atoms with E-state index in [0.29, 0.717) is 5.78 Å². The van der Waals surface area contributed by atoms with E-state index in [1.165, 1.54) is 80.9 Å². The van der Waals surface area contributed by atoms with Gasteiger partial charge in [-0.1, -0.05) is 89.5 Å². The van der Waals surface area contributed by atoms with Crippen LogP contribution >= 0.6 is 0 Å². The van der Waals surface area contributed by atoms with Crippen molar-refractivity contribution >= 4 is 11.4 Å². The van der Waals surface area contributed by atoms with E-state index in [9.17, 15) is 4.79 Å². The molecule has 0 fully saturated rings. The van der Waals surface area contributed by atoms with Crippen LogP contribution in [0.5, 0.6) is 0 Å². The predicted octanol–water partition coefficient (Wildman–Crippen LogP) is 7.53. The smallest absolute Gasteiger partial charge is 0.159 e. The van der Waals surface area contributed by atoms with Gasteiger partial charge >= 0.3 is 0 Å². The number of unbranched alkanes of at least 4 members (excludes halogenated alkanes) is 7. The molecule has 0 heterocycles. The average Bonchev–Trinajstić information content (AvgIpc) is 2.66. The van der Waals surface area contributed by atoms with Gasteiger partial charge in [-0.05, 0) is 54.9 Å². The normalized spacial score (nSPS) is 17.4. The molecule has 1 unspecified atom stereocenters. The summed E-state index contributed by atoms with van der Waals surface area (Å²) in [6.45, 7) is 4.50. The molecule has 144 valence electrons. The van der Waals surface area contributed by atoms with Crippen LogP contribution in [0.1, 0.15) is 102 Å². The van der Waals surface area contributed by atoms with Gasteiger partial charge in [-0.2, -0.15) is 0 Å². The number of carbonyl (C=O) groups excluding carboxylic acids is 1. The van der Waals surface area contributed by atoms with Gasteiger partial charge in [-0.3, -0.25) is 4.79 Å². The van der Waals surface area contributed by atoms with Crippen molar-refractivity contribution in [1.82, 2.24) is 0 Å². The standard InChI is InChI=1S/C25H38O/c1-3-5-7-9-10-12-21-14-16-22(17-15-21)24-19-18-23(25(26)20-24)13-11-8-6-4-2/h14-17,20,23H,3-13,18-19H2,1-2H3. The van der Waals surface area contributed by atoms with Crippen LogP contribution in [0.15, 0.2) is 30.3 Å². The number of aryl methyl sites for hydroxylation is 1. The second kappa shape index (κ2) is 12.1. The number of rotatable bonds is 12. The van der Waals surface area contributed by atoms with Crippen molar-refractivity contribution < 1.29 is 4.79 Å². The summed E-state index contributed by atoms with van der Waals surface area (Å²) in [4.78, 5) is 12.5. The Hall–Kier alpha value is -1.37. The lowest BCUT2D eigenvalue weighted by Gasteiger charge is -2.21. The van der Waals surface area contributed by atoms with Crippen molar-refractivity contribution in [2.24, 2.45) is 5.92 Å². The Labute approximate surface area is 161 Å². The van der Waals surface area contributed by atoms with Crippen LogP contribution < -0.4 is 0 Å². The molecule has 1 aliphatic carbocycles. The zero-order valence-corrected chi connectivity index (χ0v) is 17.1. The lowest BCUT2D eigenvalue weighted by Crippen LogP contribution is -2.17. The summed E-state index contributed by atoms with van der Waals surface area (Å²) >= 11 is 0. The monoisotopic (exact) mass is 354 g/mol. The average molecular weight is 355 g/mol. The third-order valence-corrected chi connectivity index (χ3v) is 5.78. The van der Waals surface area contributed by atoms with Crippen LogP contribution in [0.25, 0.3) is 5.57 Å². The van der Waals surface area contributed by atoms with Crippen LogP contribution in [-0.4, -0.2) is 5.78 Å². The highest BCUT2D eigenvalue weighted by atomic mass is 16.1. The Bertz CT molecular complexity index is 552. The van der Waals surface area contributed by atoms with Crippen molar-refractivity contribution in [3.05, 3.63) is 41.5 Å². The summed E-state index contributed by atoms with van der Waals surface area (Å²) in [5.74, 6) is 0.640. The molecule has 0 aliphatic heterocycles. The molecular formula is C25H38O. The minimum absolute atomic E-state index is 0.276. The first-order valence-corrected chi connectivity index (χ1v) is 11.1. The first-order chi connectivity index (χ1) is 12.7. The first kappa shape index (κ1) is 20.9. The Morgan fingerprint density at radius 1 is 0.846 bits per heavy atom. The number of ketones is 1. The van der Waals surface area contributed by atoms with E-state index in [4.69, 9.17) is 0 Å². The highest BCUT2D eigenvalue weighted by Crippen LogP contribution is 2.31. The molecule has 1 aliphatic rings. The van der Waals surface area contributed by atoms with Crippen molar-refractivity contribution in [2.45, 2.75) is 97.3 Å². The van der Waals surface area contributed by atoms with E-state index in [2.05, 4.69) is 38.1 Å². The molecule has 26 heavy (non-hydrogen) atoms. The molecule has 1 aromatic carbocycles. The van der Waals surface area contributed by atoms with Gasteiger partial charge < -0.3 is 0 Å². The first-order valence-electron chi connectivity index (χ1n) is 11.1. The summed E-state index contributed by atoms with van der Waals surface area (Å²) in [6, 6.07) is 8.97. The van der Waals surface area contributed by atoms with Gasteiger partial charge in [0.05, 0.1) is 0 Å². The zero-order chi connectivity index (χ0) is 18.6. The number of benzene rings is 1. The van der Waals surface area contributed by atoms with Crippen molar-refractivity contribution in [2.75, 3.05) is 0 Å². The quantitative estimate of drug-likeness (QED) is 0.354. The topological polar surface area (TPSA) is 17.1 Å². The van der Waals surface area contributed by atoms with Gasteiger partial charge in [0.1, 0.15) is 0 Å². The molecule has 0 saturated carbocycles. The fourth-order valence-corrected chi connectivity index (χ4v) is 3.98. The molecule has 0 N–H and O–H groups in total. The fraction of sp³-hybridized carbons (Fsp3) is 0.640. The maximum Gasteiger partial charge on any atom is 0.159 e. The van der Waals surface area contributed by atoms with Crippen LogP contribution in [0, 0.1) is 5.92 Å². The summed E-state index contributed by atoms with van der Waals surface area (Å²) in [5.41, 5.74) is 3.92. The molecule has 0 spiro atoms. The number of carbonyl (C=O) groups is 1. The van der Waals surface area contributed by atoms with E-state index >= 15 is 0 Å². The van der Waals surface area contributed by atoms with Crippen LogP contribution in [-0.2, 0) is 11.2 Å². The predicted molar refractivity (Wildman–Crippen MR) is 113 cm³/mol. The maximum atomic E-state index is 12.5. The Morgan fingerprint density at radius 2 is 1.50 bits per heavy atom. The van der Waals surface area contributed by atoms with Crippen LogP contribution in [0.3, 0.4) is 0 Å². The molecule has 1 aromatic rings. The Kier molecular flexibility index (Phi) is 9.74. The van der Waals surface area contributed by atoms with Crippen LogP contribution in [0.4, 0.5) is 0 Å². The Morgan fingerprint density at radius 3 is 2.15 bits per heavy atom. The van der Waals surface area contributed by atoms with Crippen LogP contribution in [0.2, 0.25) is 0 Å². The minimum atomic E-state index is 0.276. The molecule has 0 bridgehead atoms. The molecule has 2 rings (SSSR count). The van der Waals surface area contributed by atoms with E-state index in [0.717, 1.165) is 19.3 Å². The highest BCUT2D eigenvalue weighted by Gasteiger charge is 2.22. The number of hydrogen-bond acceptors (Lipinski definition) is 1. The minimum Gasteiger partial charge on any atom is -0.295 e. The van der Waals surface area contributed by atoms with Crippen molar-refractivity contribution in [3.63, 3.8) is 0 Å². The van der Waals surface area contributed by atoms with E-state index < -0.39 is 0 Å². The summed E-state index contributed by atoms with van der Waals surface area (Å²) in [6.07, 6.45) is 18.0. The number of hydrogen-bond donors (Lipinski definition) is 0. The fourth-order valence-electron chi connectivity index (χ4n) is 3.98.